The number of halogens is 3. The summed E-state index contributed by atoms with van der Waals surface area (Å²) in [5, 5.41) is 5.67. The molecular formula is C37H37F3N6O7S. The number of para-hydroxylation sites is 1. The number of nitrogens with zero attached hydrogens (tertiary/aromatic N) is 3. The smallest absolute Gasteiger partial charge is 0.416 e. The van der Waals surface area contributed by atoms with Crippen molar-refractivity contribution in [1.82, 2.24) is 30.2 Å². The van der Waals surface area contributed by atoms with E-state index in [4.69, 9.17) is 9.15 Å². The van der Waals surface area contributed by atoms with Crippen LogP contribution in [0.2, 0.25) is 0 Å². The molecule has 4 heterocycles. The van der Waals surface area contributed by atoms with E-state index in [1.165, 1.54) is 17.0 Å². The molecule has 17 heteroatoms. The van der Waals surface area contributed by atoms with Gasteiger partial charge in [-0.1, -0.05) is 42.8 Å². The molecule has 1 saturated heterocycles. The Balaban J connectivity index is 1.11. The predicted molar refractivity (Wildman–Crippen MR) is 189 cm³/mol. The summed E-state index contributed by atoms with van der Waals surface area (Å²) in [6, 6.07) is 9.82. The summed E-state index contributed by atoms with van der Waals surface area (Å²) >= 11 is 0. The average Bonchev–Trinajstić information content (AvgIpc) is 4.04. The molecule has 284 valence electrons. The average molecular weight is 767 g/mol. The van der Waals surface area contributed by atoms with Gasteiger partial charge in [0.15, 0.2) is 5.82 Å². The van der Waals surface area contributed by atoms with Gasteiger partial charge in [0.2, 0.25) is 21.5 Å². The van der Waals surface area contributed by atoms with Crippen LogP contribution in [0.15, 0.2) is 65.1 Å². The van der Waals surface area contributed by atoms with E-state index in [0.717, 1.165) is 31.4 Å². The second-order valence-corrected chi connectivity index (χ2v) is 16.3. The normalized spacial score (nSPS) is 25.8. The van der Waals surface area contributed by atoms with Gasteiger partial charge in [0, 0.05) is 29.8 Å². The second kappa shape index (κ2) is 13.6. The number of fused-ring (bicyclic) bond motifs is 5. The Hall–Kier alpha value is -5.19. The molecule has 13 nitrogen and oxygen atoms in total. The molecule has 0 radical (unpaired) electrons. The summed E-state index contributed by atoms with van der Waals surface area (Å²) in [6.45, 7) is 0.304. The molecule has 2 aliphatic carbocycles. The van der Waals surface area contributed by atoms with Gasteiger partial charge in [0.05, 0.1) is 17.4 Å². The van der Waals surface area contributed by atoms with Crippen molar-refractivity contribution in [3.8, 4) is 17.3 Å². The monoisotopic (exact) mass is 766 g/mol. The zero-order valence-corrected chi connectivity index (χ0v) is 29.7. The number of furan rings is 1. The number of ether oxygens (including phenoxy) is 1. The standard InChI is InChI=1S/C37H37F3N6O7S/c38-37(39,40)22-13-11-21(12-14-22)31-42-29-26-9-5-6-10-28(26)53-30(29)33(43-31)52-24-18-27-32(47)44-36(34(48)45-54(50,51)25-15-16-25)19-23(36)8-4-2-1-3-7-17-41-35(49)46(27)20-24/h4-6,8-14,23-25,27H,1-3,7,15-20H2,(H,41,49)(H,44,47)(H,45,48)/b8-4-/t23-,24+,27-,36+/m0/s1. The van der Waals surface area contributed by atoms with Crippen LogP contribution < -0.4 is 20.1 Å². The van der Waals surface area contributed by atoms with Crippen molar-refractivity contribution in [3.63, 3.8) is 0 Å². The molecule has 2 saturated carbocycles. The summed E-state index contributed by atoms with van der Waals surface area (Å²) in [7, 11) is -3.90. The van der Waals surface area contributed by atoms with Crippen molar-refractivity contribution >= 4 is 49.9 Å². The van der Waals surface area contributed by atoms with Gasteiger partial charge in [-0.25, -0.2) is 18.2 Å². The number of carbonyl (C=O) groups excluding carboxylic acids is 3. The van der Waals surface area contributed by atoms with E-state index in [9.17, 15) is 36.0 Å². The third-order valence-corrected chi connectivity index (χ3v) is 12.2. The lowest BCUT2D eigenvalue weighted by atomic mass is 10.1. The molecule has 8 rings (SSSR count). The molecule has 4 aliphatic rings. The number of rotatable bonds is 6. The highest BCUT2D eigenvalue weighted by Crippen LogP contribution is 2.46. The number of sulfonamides is 1. The second-order valence-electron chi connectivity index (χ2n) is 14.3. The number of aromatic nitrogens is 2. The summed E-state index contributed by atoms with van der Waals surface area (Å²) in [6.07, 6.45) is 2.59. The molecule has 2 aromatic heterocycles. The first kappa shape index (κ1) is 35.8. The number of benzene rings is 2. The molecule has 0 unspecified atom stereocenters. The van der Waals surface area contributed by atoms with Gasteiger partial charge >= 0.3 is 12.2 Å². The van der Waals surface area contributed by atoms with Crippen molar-refractivity contribution in [2.24, 2.45) is 5.92 Å². The SMILES string of the molecule is O=C1N[C@]2(C(=O)NS(=O)(=O)C3CC3)C[C@@H]2/C=C\CCCCCNC(=O)N2C[C@H](Oc3nc(-c4ccc(C(F)(F)F)cc4)nc4c3oc3ccccc34)C[C@@H]12. The lowest BCUT2D eigenvalue weighted by Crippen LogP contribution is -2.57. The van der Waals surface area contributed by atoms with Crippen molar-refractivity contribution in [3.05, 3.63) is 66.2 Å². The Morgan fingerprint density at radius 3 is 2.57 bits per heavy atom. The Bertz CT molecular complexity index is 2270. The summed E-state index contributed by atoms with van der Waals surface area (Å²) in [5.41, 5.74) is -1.06. The molecule has 4 aromatic rings. The van der Waals surface area contributed by atoms with Gasteiger partial charge in [-0.2, -0.15) is 18.2 Å². The predicted octanol–water partition coefficient (Wildman–Crippen LogP) is 5.21. The number of urea groups is 1. The van der Waals surface area contributed by atoms with Crippen molar-refractivity contribution in [2.45, 2.75) is 80.5 Å². The number of allylic oxidation sites excluding steroid dienone is 1. The summed E-state index contributed by atoms with van der Waals surface area (Å²) in [5.74, 6) is -1.87. The van der Waals surface area contributed by atoms with Gasteiger partial charge in [0.25, 0.3) is 11.8 Å². The Morgan fingerprint density at radius 2 is 1.81 bits per heavy atom. The molecule has 4 amide bonds. The minimum atomic E-state index is -4.54. The molecular weight excluding hydrogens is 730 g/mol. The maximum Gasteiger partial charge on any atom is 0.416 e. The van der Waals surface area contributed by atoms with Crippen LogP contribution in [-0.2, 0) is 25.8 Å². The van der Waals surface area contributed by atoms with Crippen LogP contribution in [0.3, 0.4) is 0 Å². The third kappa shape index (κ3) is 6.96. The molecule has 0 bridgehead atoms. The number of amides is 4. The van der Waals surface area contributed by atoms with Gasteiger partial charge < -0.3 is 24.7 Å². The largest absolute Gasteiger partial charge is 0.470 e. The van der Waals surface area contributed by atoms with Crippen LogP contribution in [0.4, 0.5) is 18.0 Å². The fourth-order valence-electron chi connectivity index (χ4n) is 7.18. The first-order valence-electron chi connectivity index (χ1n) is 18.0. The van der Waals surface area contributed by atoms with E-state index in [1.54, 1.807) is 24.3 Å². The summed E-state index contributed by atoms with van der Waals surface area (Å²) in [4.78, 5) is 51.8. The fraction of sp³-hybridized carbons (Fsp3) is 0.432. The van der Waals surface area contributed by atoms with Crippen LogP contribution in [0.5, 0.6) is 5.88 Å². The zero-order valence-electron chi connectivity index (χ0n) is 28.9. The van der Waals surface area contributed by atoms with Crippen LogP contribution in [0, 0.1) is 5.92 Å². The van der Waals surface area contributed by atoms with Crippen molar-refractivity contribution in [1.29, 1.82) is 0 Å². The van der Waals surface area contributed by atoms with E-state index in [1.807, 2.05) is 12.2 Å². The molecule has 54 heavy (non-hydrogen) atoms. The third-order valence-electron chi connectivity index (χ3n) is 10.4. The molecule has 3 fully saturated rings. The lowest BCUT2D eigenvalue weighted by molar-refractivity contribution is -0.137. The number of carbonyl (C=O) groups is 3. The van der Waals surface area contributed by atoms with Crippen LogP contribution in [0.1, 0.15) is 56.9 Å². The van der Waals surface area contributed by atoms with E-state index >= 15 is 0 Å². The number of hydrogen-bond acceptors (Lipinski definition) is 9. The number of nitrogens with one attached hydrogen (secondary N) is 3. The fourth-order valence-corrected chi connectivity index (χ4v) is 8.55. The zero-order chi connectivity index (χ0) is 37.8. The minimum absolute atomic E-state index is 0.0286. The highest BCUT2D eigenvalue weighted by atomic mass is 32.2. The molecule has 2 aliphatic heterocycles. The summed E-state index contributed by atoms with van der Waals surface area (Å²) < 4.78 is 80.2. The Labute approximate surface area is 307 Å². The minimum Gasteiger partial charge on any atom is -0.470 e. The van der Waals surface area contributed by atoms with Gasteiger partial charge in [-0.15, -0.1) is 0 Å². The van der Waals surface area contributed by atoms with E-state index < -0.39 is 68.5 Å². The van der Waals surface area contributed by atoms with E-state index in [-0.39, 0.29) is 42.2 Å². The first-order chi connectivity index (χ1) is 25.8. The molecule has 4 atom stereocenters. The van der Waals surface area contributed by atoms with Crippen molar-refractivity contribution < 1.29 is 45.1 Å². The van der Waals surface area contributed by atoms with E-state index in [2.05, 4.69) is 25.3 Å². The molecule has 2 aromatic carbocycles. The Morgan fingerprint density at radius 1 is 1.04 bits per heavy atom. The highest BCUT2D eigenvalue weighted by Gasteiger charge is 2.62. The number of hydrogen-bond donors (Lipinski definition) is 3. The number of alkyl halides is 3. The first-order valence-corrected chi connectivity index (χ1v) is 19.5. The van der Waals surface area contributed by atoms with Gasteiger partial charge in [-0.05, 0) is 62.8 Å². The van der Waals surface area contributed by atoms with Crippen molar-refractivity contribution in [2.75, 3.05) is 13.1 Å². The van der Waals surface area contributed by atoms with Gasteiger partial charge in [0.1, 0.15) is 28.8 Å². The van der Waals surface area contributed by atoms with E-state index in [0.29, 0.717) is 42.3 Å². The topological polar surface area (TPSA) is 173 Å². The van der Waals surface area contributed by atoms with Gasteiger partial charge in [-0.3, -0.25) is 14.3 Å². The molecule has 3 N–H and O–H groups in total. The Kier molecular flexibility index (Phi) is 9.01. The highest BCUT2D eigenvalue weighted by molar-refractivity contribution is 7.91. The van der Waals surface area contributed by atoms with Crippen LogP contribution >= 0.6 is 0 Å². The maximum atomic E-state index is 14.1. The maximum absolute atomic E-state index is 14.1. The lowest BCUT2D eigenvalue weighted by Gasteiger charge is -2.26. The quantitative estimate of drug-likeness (QED) is 0.223. The van der Waals surface area contributed by atoms with Crippen LogP contribution in [-0.4, -0.2) is 77.2 Å². The van der Waals surface area contributed by atoms with Crippen LogP contribution in [0.25, 0.3) is 33.5 Å². The molecule has 0 spiro atoms.